The van der Waals surface area contributed by atoms with Gasteiger partial charge in [-0.2, -0.15) is 0 Å². The number of aromatic nitrogens is 1. The van der Waals surface area contributed by atoms with Crippen molar-refractivity contribution in [3.05, 3.63) is 17.3 Å². The van der Waals surface area contributed by atoms with Crippen LogP contribution in [0.25, 0.3) is 0 Å². The molecule has 1 aromatic rings. The molecular weight excluding hydrogens is 185 g/mol. The molecule has 0 unspecified atom stereocenters. The average molecular weight is 201 g/mol. The molecule has 0 aromatic carbocycles. The summed E-state index contributed by atoms with van der Waals surface area (Å²) in [6.07, 6.45) is 0. The summed E-state index contributed by atoms with van der Waals surface area (Å²) >= 11 is 0. The molecule has 0 atom stereocenters. The zero-order chi connectivity index (χ0) is 10.9. The van der Waals surface area contributed by atoms with E-state index in [1.807, 2.05) is 13.8 Å². The number of rotatable bonds is 3. The summed E-state index contributed by atoms with van der Waals surface area (Å²) in [7, 11) is 0. The first-order chi connectivity index (χ1) is 6.36. The van der Waals surface area contributed by atoms with Crippen molar-refractivity contribution in [2.24, 2.45) is 0 Å². The summed E-state index contributed by atoms with van der Waals surface area (Å²) in [6.45, 7) is 6.25. The maximum Gasteiger partial charge on any atom is 0.226 e. The Hall–Kier alpha value is -0.900. The third kappa shape index (κ3) is 2.12. The maximum absolute atomic E-state index is 12.5. The van der Waals surface area contributed by atoms with Crippen molar-refractivity contribution in [1.82, 2.24) is 4.98 Å². The molecule has 0 radical (unpaired) electrons. The SMILES string of the molecule is CC(C)c1oc(C(C)(C)O)nc1CF. The van der Waals surface area contributed by atoms with Crippen LogP contribution in [-0.4, -0.2) is 10.1 Å². The quantitative estimate of drug-likeness (QED) is 0.817. The summed E-state index contributed by atoms with van der Waals surface area (Å²) in [4.78, 5) is 3.93. The van der Waals surface area contributed by atoms with Crippen molar-refractivity contribution >= 4 is 0 Å². The molecule has 0 amide bonds. The van der Waals surface area contributed by atoms with E-state index in [0.29, 0.717) is 5.76 Å². The fraction of sp³-hybridized carbons (Fsp3) is 0.700. The fourth-order valence-electron chi connectivity index (χ4n) is 1.17. The number of oxazole rings is 1. The molecule has 0 aliphatic heterocycles. The monoisotopic (exact) mass is 201 g/mol. The highest BCUT2D eigenvalue weighted by molar-refractivity contribution is 5.14. The van der Waals surface area contributed by atoms with Gasteiger partial charge in [-0.1, -0.05) is 13.8 Å². The molecule has 80 valence electrons. The number of halogens is 1. The minimum absolute atomic E-state index is 0.0735. The zero-order valence-corrected chi connectivity index (χ0v) is 8.97. The number of alkyl halides is 1. The maximum atomic E-state index is 12.5. The van der Waals surface area contributed by atoms with Crippen molar-refractivity contribution in [3.8, 4) is 0 Å². The van der Waals surface area contributed by atoms with Gasteiger partial charge in [-0.15, -0.1) is 0 Å². The Morgan fingerprint density at radius 3 is 2.36 bits per heavy atom. The van der Waals surface area contributed by atoms with Gasteiger partial charge in [0, 0.05) is 5.92 Å². The lowest BCUT2D eigenvalue weighted by molar-refractivity contribution is 0.0468. The number of nitrogens with zero attached hydrogens (tertiary/aromatic N) is 1. The van der Waals surface area contributed by atoms with E-state index in [0.717, 1.165) is 0 Å². The Bertz CT molecular complexity index is 312. The first-order valence-corrected chi connectivity index (χ1v) is 4.64. The van der Waals surface area contributed by atoms with Gasteiger partial charge in [0.15, 0.2) is 0 Å². The molecule has 1 rings (SSSR count). The number of hydrogen-bond acceptors (Lipinski definition) is 3. The average Bonchev–Trinajstić information content (AvgIpc) is 2.45. The minimum atomic E-state index is -1.16. The smallest absolute Gasteiger partial charge is 0.226 e. The largest absolute Gasteiger partial charge is 0.442 e. The van der Waals surface area contributed by atoms with E-state index in [9.17, 15) is 9.50 Å². The molecule has 0 aliphatic rings. The Morgan fingerprint density at radius 2 is 2.07 bits per heavy atom. The van der Waals surface area contributed by atoms with Gasteiger partial charge >= 0.3 is 0 Å². The van der Waals surface area contributed by atoms with Crippen LogP contribution in [0.5, 0.6) is 0 Å². The summed E-state index contributed by atoms with van der Waals surface area (Å²) in [5, 5.41) is 9.63. The Balaban J connectivity index is 3.13. The summed E-state index contributed by atoms with van der Waals surface area (Å²) in [5.74, 6) is 0.767. The number of aliphatic hydroxyl groups is 1. The second kappa shape index (κ2) is 3.69. The van der Waals surface area contributed by atoms with Crippen LogP contribution in [0.1, 0.15) is 51.0 Å². The van der Waals surface area contributed by atoms with Gasteiger partial charge < -0.3 is 9.52 Å². The molecule has 0 saturated carbocycles. The topological polar surface area (TPSA) is 46.3 Å². The highest BCUT2D eigenvalue weighted by Crippen LogP contribution is 2.27. The molecular formula is C10H16FNO2. The minimum Gasteiger partial charge on any atom is -0.442 e. The Labute approximate surface area is 83.0 Å². The van der Waals surface area contributed by atoms with Crippen molar-refractivity contribution in [1.29, 1.82) is 0 Å². The summed E-state index contributed by atoms with van der Waals surface area (Å²) in [6, 6.07) is 0. The third-order valence-corrected chi connectivity index (χ3v) is 1.90. The highest BCUT2D eigenvalue weighted by Gasteiger charge is 2.26. The van der Waals surface area contributed by atoms with Gasteiger partial charge in [0.2, 0.25) is 5.89 Å². The van der Waals surface area contributed by atoms with Crippen LogP contribution in [0, 0.1) is 0 Å². The molecule has 1 N–H and O–H groups in total. The zero-order valence-electron chi connectivity index (χ0n) is 8.97. The third-order valence-electron chi connectivity index (χ3n) is 1.90. The van der Waals surface area contributed by atoms with Crippen molar-refractivity contribution in [2.45, 2.75) is 45.9 Å². The van der Waals surface area contributed by atoms with Gasteiger partial charge in [-0.05, 0) is 13.8 Å². The molecule has 4 heteroatoms. The first-order valence-electron chi connectivity index (χ1n) is 4.64. The standard InChI is InChI=1S/C10H16FNO2/c1-6(2)8-7(5-11)12-9(14-8)10(3,4)13/h6,13H,5H2,1-4H3. The first kappa shape index (κ1) is 11.2. The van der Waals surface area contributed by atoms with E-state index in [-0.39, 0.29) is 17.5 Å². The summed E-state index contributed by atoms with van der Waals surface area (Å²) < 4.78 is 17.9. The van der Waals surface area contributed by atoms with Gasteiger partial charge in [-0.3, -0.25) is 0 Å². The van der Waals surface area contributed by atoms with E-state index in [1.54, 1.807) is 13.8 Å². The second-order valence-corrected chi connectivity index (χ2v) is 4.18. The summed E-state index contributed by atoms with van der Waals surface area (Å²) in [5.41, 5.74) is -0.867. The van der Waals surface area contributed by atoms with Crippen LogP contribution in [0.3, 0.4) is 0 Å². The van der Waals surface area contributed by atoms with Crippen molar-refractivity contribution < 1.29 is 13.9 Å². The molecule has 1 aromatic heterocycles. The van der Waals surface area contributed by atoms with Crippen molar-refractivity contribution in [3.63, 3.8) is 0 Å². The van der Waals surface area contributed by atoms with Crippen molar-refractivity contribution in [2.75, 3.05) is 0 Å². The van der Waals surface area contributed by atoms with Gasteiger partial charge in [0.1, 0.15) is 23.7 Å². The van der Waals surface area contributed by atoms with E-state index in [2.05, 4.69) is 4.98 Å². The van der Waals surface area contributed by atoms with Crippen LogP contribution >= 0.6 is 0 Å². The van der Waals surface area contributed by atoms with Crippen LogP contribution < -0.4 is 0 Å². The van der Waals surface area contributed by atoms with Gasteiger partial charge in [0.25, 0.3) is 0 Å². The lowest BCUT2D eigenvalue weighted by Gasteiger charge is -2.11. The predicted molar refractivity (Wildman–Crippen MR) is 50.6 cm³/mol. The molecule has 1 heterocycles. The van der Waals surface area contributed by atoms with Crippen LogP contribution in [0.2, 0.25) is 0 Å². The van der Waals surface area contributed by atoms with Gasteiger partial charge in [0.05, 0.1) is 0 Å². The van der Waals surface area contributed by atoms with E-state index in [4.69, 9.17) is 4.42 Å². The fourth-order valence-corrected chi connectivity index (χ4v) is 1.17. The molecule has 0 fully saturated rings. The van der Waals surface area contributed by atoms with E-state index in [1.165, 1.54) is 0 Å². The lowest BCUT2D eigenvalue weighted by atomic mass is 10.1. The molecule has 0 spiro atoms. The van der Waals surface area contributed by atoms with Crippen LogP contribution in [0.15, 0.2) is 4.42 Å². The van der Waals surface area contributed by atoms with E-state index >= 15 is 0 Å². The molecule has 3 nitrogen and oxygen atoms in total. The molecule has 0 saturated heterocycles. The van der Waals surface area contributed by atoms with Crippen LogP contribution in [0.4, 0.5) is 4.39 Å². The van der Waals surface area contributed by atoms with Crippen LogP contribution in [-0.2, 0) is 12.3 Å². The lowest BCUT2D eigenvalue weighted by Crippen LogP contribution is -2.15. The second-order valence-electron chi connectivity index (χ2n) is 4.18. The Morgan fingerprint density at radius 1 is 1.50 bits per heavy atom. The molecule has 0 aliphatic carbocycles. The molecule has 14 heavy (non-hydrogen) atoms. The molecule has 0 bridgehead atoms. The van der Waals surface area contributed by atoms with E-state index < -0.39 is 12.3 Å². The Kier molecular flexibility index (Phi) is 2.95. The normalized spacial score (nSPS) is 12.5. The van der Waals surface area contributed by atoms with Gasteiger partial charge in [-0.25, -0.2) is 9.37 Å². The highest BCUT2D eigenvalue weighted by atomic mass is 19.1. The predicted octanol–water partition coefficient (Wildman–Crippen LogP) is 2.49. The number of hydrogen-bond donors (Lipinski definition) is 1.